The van der Waals surface area contributed by atoms with Crippen LogP contribution in [0.1, 0.15) is 29.6 Å². The predicted octanol–water partition coefficient (Wildman–Crippen LogP) is 1.79. The van der Waals surface area contributed by atoms with E-state index in [1.54, 1.807) is 18.2 Å². The third-order valence-corrected chi connectivity index (χ3v) is 3.84. The van der Waals surface area contributed by atoms with Gasteiger partial charge in [-0.3, -0.25) is 9.59 Å². The van der Waals surface area contributed by atoms with Gasteiger partial charge in [0.2, 0.25) is 0 Å². The molecule has 20 heavy (non-hydrogen) atoms. The second-order valence-corrected chi connectivity index (χ2v) is 5.12. The molecule has 1 aromatic carbocycles. The van der Waals surface area contributed by atoms with Gasteiger partial charge in [0.25, 0.3) is 11.7 Å². The standard InChI is InChI=1S/C15H17NO4/c1-19-10-5-6-13-12(8-10)14(17)15(18)16(13)9-11-4-2-3-7-20-11/h5-6,8,11H,2-4,7,9H2,1H3. The number of benzene rings is 1. The molecular weight excluding hydrogens is 258 g/mol. The normalized spacial score (nSPS) is 22.1. The van der Waals surface area contributed by atoms with Gasteiger partial charge >= 0.3 is 0 Å². The molecule has 0 N–H and O–H groups in total. The van der Waals surface area contributed by atoms with Crippen molar-refractivity contribution < 1.29 is 19.1 Å². The van der Waals surface area contributed by atoms with E-state index in [1.807, 2.05) is 0 Å². The summed E-state index contributed by atoms with van der Waals surface area (Å²) in [7, 11) is 1.54. The first-order valence-electron chi connectivity index (χ1n) is 6.86. The first-order valence-corrected chi connectivity index (χ1v) is 6.86. The van der Waals surface area contributed by atoms with E-state index < -0.39 is 11.7 Å². The van der Waals surface area contributed by atoms with E-state index >= 15 is 0 Å². The van der Waals surface area contributed by atoms with Crippen LogP contribution in [-0.2, 0) is 9.53 Å². The Morgan fingerprint density at radius 1 is 1.35 bits per heavy atom. The average molecular weight is 275 g/mol. The molecule has 0 radical (unpaired) electrons. The lowest BCUT2D eigenvalue weighted by molar-refractivity contribution is -0.114. The second kappa shape index (κ2) is 5.25. The number of carbonyl (C=O) groups is 2. The van der Waals surface area contributed by atoms with Gasteiger partial charge in [-0.1, -0.05) is 0 Å². The molecule has 2 heterocycles. The Hall–Kier alpha value is -1.88. The summed E-state index contributed by atoms with van der Waals surface area (Å²) in [6, 6.07) is 5.15. The Morgan fingerprint density at radius 3 is 2.90 bits per heavy atom. The van der Waals surface area contributed by atoms with Crippen molar-refractivity contribution in [1.29, 1.82) is 0 Å². The van der Waals surface area contributed by atoms with Crippen LogP contribution < -0.4 is 9.64 Å². The second-order valence-electron chi connectivity index (χ2n) is 5.12. The lowest BCUT2D eigenvalue weighted by Crippen LogP contribution is -2.39. The molecule has 5 nitrogen and oxygen atoms in total. The molecule has 0 aromatic heterocycles. The van der Waals surface area contributed by atoms with Crippen LogP contribution in [0.2, 0.25) is 0 Å². The van der Waals surface area contributed by atoms with Crippen LogP contribution in [0.25, 0.3) is 0 Å². The molecule has 1 amide bonds. The van der Waals surface area contributed by atoms with Crippen LogP contribution in [0.4, 0.5) is 5.69 Å². The maximum absolute atomic E-state index is 12.1. The first kappa shape index (κ1) is 13.1. The molecule has 1 saturated heterocycles. The molecule has 1 fully saturated rings. The fourth-order valence-electron chi connectivity index (χ4n) is 2.74. The van der Waals surface area contributed by atoms with Gasteiger partial charge in [-0.05, 0) is 37.5 Å². The summed E-state index contributed by atoms with van der Waals surface area (Å²) in [5.41, 5.74) is 1.08. The van der Waals surface area contributed by atoms with Crippen LogP contribution in [0.5, 0.6) is 5.75 Å². The van der Waals surface area contributed by atoms with Gasteiger partial charge in [-0.2, -0.15) is 0 Å². The Bertz CT molecular complexity index is 549. The lowest BCUT2D eigenvalue weighted by Gasteiger charge is -2.27. The Kier molecular flexibility index (Phi) is 3.44. The topological polar surface area (TPSA) is 55.8 Å². The monoisotopic (exact) mass is 275 g/mol. The molecule has 0 spiro atoms. The largest absolute Gasteiger partial charge is 0.497 e. The minimum atomic E-state index is -0.470. The highest BCUT2D eigenvalue weighted by Crippen LogP contribution is 2.32. The number of ether oxygens (including phenoxy) is 2. The molecule has 1 unspecified atom stereocenters. The first-order chi connectivity index (χ1) is 9.70. The third kappa shape index (κ3) is 2.18. The molecule has 106 valence electrons. The van der Waals surface area contributed by atoms with Gasteiger partial charge in [-0.25, -0.2) is 0 Å². The molecule has 0 aliphatic carbocycles. The third-order valence-electron chi connectivity index (χ3n) is 3.84. The summed E-state index contributed by atoms with van der Waals surface area (Å²) < 4.78 is 10.8. The maximum Gasteiger partial charge on any atom is 0.299 e. The molecule has 2 aliphatic heterocycles. The molecule has 0 bridgehead atoms. The number of hydrogen-bond donors (Lipinski definition) is 0. The Labute approximate surface area is 117 Å². The zero-order valence-electron chi connectivity index (χ0n) is 11.4. The smallest absolute Gasteiger partial charge is 0.299 e. The molecular formula is C15H17NO4. The van der Waals surface area contributed by atoms with E-state index in [1.165, 1.54) is 12.0 Å². The van der Waals surface area contributed by atoms with Crippen LogP contribution in [0.3, 0.4) is 0 Å². The van der Waals surface area contributed by atoms with Crippen molar-refractivity contribution >= 4 is 17.4 Å². The van der Waals surface area contributed by atoms with Crippen molar-refractivity contribution in [3.63, 3.8) is 0 Å². The van der Waals surface area contributed by atoms with Crippen molar-refractivity contribution in [3.8, 4) is 5.75 Å². The summed E-state index contributed by atoms with van der Waals surface area (Å²) in [6.45, 7) is 1.18. The molecule has 3 rings (SSSR count). The number of nitrogens with zero attached hydrogens (tertiary/aromatic N) is 1. The average Bonchev–Trinajstić information content (AvgIpc) is 2.73. The zero-order valence-corrected chi connectivity index (χ0v) is 11.4. The number of anilines is 1. The highest BCUT2D eigenvalue weighted by molar-refractivity contribution is 6.52. The van der Waals surface area contributed by atoms with Crippen molar-refractivity contribution in [3.05, 3.63) is 23.8 Å². The summed E-state index contributed by atoms with van der Waals surface area (Å²) >= 11 is 0. The maximum atomic E-state index is 12.1. The van der Waals surface area contributed by atoms with E-state index in [-0.39, 0.29) is 6.10 Å². The number of carbonyl (C=O) groups excluding carboxylic acids is 2. The fraction of sp³-hybridized carbons (Fsp3) is 0.467. The number of fused-ring (bicyclic) bond motifs is 1. The highest BCUT2D eigenvalue weighted by atomic mass is 16.5. The number of methoxy groups -OCH3 is 1. The van der Waals surface area contributed by atoms with E-state index in [4.69, 9.17) is 9.47 Å². The van der Waals surface area contributed by atoms with Gasteiger partial charge < -0.3 is 14.4 Å². The SMILES string of the molecule is COc1ccc2c(c1)C(=O)C(=O)N2CC1CCCCO1. The number of amides is 1. The predicted molar refractivity (Wildman–Crippen MR) is 73.3 cm³/mol. The minimum Gasteiger partial charge on any atom is -0.497 e. The van der Waals surface area contributed by atoms with E-state index in [9.17, 15) is 9.59 Å². The van der Waals surface area contributed by atoms with Crippen LogP contribution in [-0.4, -0.2) is 38.1 Å². The molecule has 5 heteroatoms. The molecule has 1 atom stereocenters. The van der Waals surface area contributed by atoms with Gasteiger partial charge in [-0.15, -0.1) is 0 Å². The molecule has 2 aliphatic rings. The Morgan fingerprint density at radius 2 is 2.20 bits per heavy atom. The van der Waals surface area contributed by atoms with Gasteiger partial charge in [0.05, 0.1) is 31.0 Å². The van der Waals surface area contributed by atoms with Crippen molar-refractivity contribution in [2.75, 3.05) is 25.2 Å². The summed E-state index contributed by atoms with van der Waals surface area (Å²) in [6.07, 6.45) is 3.13. The lowest BCUT2D eigenvalue weighted by atomic mass is 10.1. The summed E-state index contributed by atoms with van der Waals surface area (Å²) in [5.74, 6) is -0.349. The van der Waals surface area contributed by atoms with E-state index in [2.05, 4.69) is 0 Å². The number of rotatable bonds is 3. The summed E-state index contributed by atoms with van der Waals surface area (Å²) in [4.78, 5) is 25.7. The van der Waals surface area contributed by atoms with Gasteiger partial charge in [0.15, 0.2) is 0 Å². The Balaban J connectivity index is 1.86. The zero-order chi connectivity index (χ0) is 14.1. The van der Waals surface area contributed by atoms with Gasteiger partial charge in [0, 0.05) is 6.61 Å². The van der Waals surface area contributed by atoms with Crippen molar-refractivity contribution in [2.45, 2.75) is 25.4 Å². The van der Waals surface area contributed by atoms with E-state index in [0.717, 1.165) is 25.9 Å². The van der Waals surface area contributed by atoms with Crippen LogP contribution >= 0.6 is 0 Å². The number of ketones is 1. The molecule has 0 saturated carbocycles. The highest BCUT2D eigenvalue weighted by Gasteiger charge is 2.37. The van der Waals surface area contributed by atoms with Crippen molar-refractivity contribution in [1.82, 2.24) is 0 Å². The van der Waals surface area contributed by atoms with Gasteiger partial charge in [0.1, 0.15) is 5.75 Å². The minimum absolute atomic E-state index is 0.0218. The van der Waals surface area contributed by atoms with E-state index in [0.29, 0.717) is 23.5 Å². The quantitative estimate of drug-likeness (QED) is 0.789. The molecule has 1 aromatic rings. The van der Waals surface area contributed by atoms with Crippen LogP contribution in [0.15, 0.2) is 18.2 Å². The fourth-order valence-corrected chi connectivity index (χ4v) is 2.74. The van der Waals surface area contributed by atoms with Crippen LogP contribution in [0, 0.1) is 0 Å². The van der Waals surface area contributed by atoms with Crippen molar-refractivity contribution in [2.24, 2.45) is 0 Å². The summed E-state index contributed by atoms with van der Waals surface area (Å²) in [5, 5.41) is 0. The number of Topliss-reactive ketones (excluding diaryl/α,β-unsaturated/α-hetero) is 1. The number of hydrogen-bond acceptors (Lipinski definition) is 4.